The van der Waals surface area contributed by atoms with Gasteiger partial charge < -0.3 is 28.2 Å². The number of hydrogen-bond donors (Lipinski definition) is 1. The molecule has 8 aromatic rings. The van der Waals surface area contributed by atoms with Crippen LogP contribution in [0.5, 0.6) is 11.5 Å². The average Bonchev–Trinajstić information content (AvgIpc) is 4.07. The minimum Gasteiger partial charge on any atom is -0.478 e. The van der Waals surface area contributed by atoms with Crippen LogP contribution in [-0.2, 0) is 40.3 Å². The summed E-state index contributed by atoms with van der Waals surface area (Å²) < 4.78 is 32.1. The van der Waals surface area contributed by atoms with Crippen LogP contribution in [0.2, 0.25) is 0 Å². The number of oxazole rings is 2. The summed E-state index contributed by atoms with van der Waals surface area (Å²) in [4.78, 5) is 32.7. The van der Waals surface area contributed by atoms with E-state index in [1.807, 2.05) is 114 Å². The number of esters is 1. The first kappa shape index (κ1) is 43.9. The Morgan fingerprint density at radius 2 is 1.05 bits per heavy atom. The fourth-order valence-corrected chi connectivity index (χ4v) is 7.09. The van der Waals surface area contributed by atoms with Gasteiger partial charge in [0.25, 0.3) is 0 Å². The normalized spacial score (nSPS) is 11.7. The highest BCUT2D eigenvalue weighted by atomic mass is 16.6. The Balaban J connectivity index is 0.000000189. The van der Waals surface area contributed by atoms with Crippen molar-refractivity contribution in [3.8, 4) is 34.4 Å². The molecule has 0 radical (unpaired) electrons. The van der Waals surface area contributed by atoms with Gasteiger partial charge in [0.05, 0.1) is 52.7 Å². The van der Waals surface area contributed by atoms with Crippen LogP contribution in [-0.4, -0.2) is 64.9 Å². The Bertz CT molecular complexity index is 2820. The number of benzene rings is 4. The zero-order chi connectivity index (χ0) is 44.7. The second-order valence-corrected chi connectivity index (χ2v) is 16.1. The van der Waals surface area contributed by atoms with Crippen LogP contribution in [0.1, 0.15) is 63.4 Å². The number of aliphatic carboxylic acids is 1. The molecule has 0 bridgehead atoms. The molecule has 0 amide bonds. The zero-order valence-corrected chi connectivity index (χ0v) is 36.6. The number of aryl methyl sites for hydroxylation is 6. The van der Waals surface area contributed by atoms with Crippen molar-refractivity contribution in [1.82, 2.24) is 29.5 Å². The van der Waals surface area contributed by atoms with E-state index in [-0.39, 0.29) is 0 Å². The number of aromatic nitrogens is 6. The molecule has 8 rings (SSSR count). The van der Waals surface area contributed by atoms with Crippen LogP contribution in [0.15, 0.2) is 118 Å². The summed E-state index contributed by atoms with van der Waals surface area (Å²) in [5.74, 6) is 2.62. The largest absolute Gasteiger partial charge is 0.478 e. The Labute approximate surface area is 365 Å². The van der Waals surface area contributed by atoms with Crippen LogP contribution >= 0.6 is 0 Å². The minimum atomic E-state index is -1.32. The number of carbonyl (C=O) groups excluding carboxylic acids is 1. The lowest BCUT2D eigenvalue weighted by molar-refractivity contribution is -0.156. The SMILES string of the molecule is COC(=O)C(C)(C)Oc1cccc2c1cnn2CCCc1nc(-c2ccccc2)oc1C.Cc1oc(-c2ccccc2)nc1CCCn1ncc2c(OC(C)(C)C(=O)O)cccc21. The number of carboxylic acid groups (broad SMARTS) is 1. The molecular formula is C49H52N6O8. The van der Waals surface area contributed by atoms with Gasteiger partial charge in [-0.05, 0) is 116 Å². The number of fused-ring (bicyclic) bond motifs is 2. The predicted molar refractivity (Wildman–Crippen MR) is 239 cm³/mol. The maximum Gasteiger partial charge on any atom is 0.349 e. The molecule has 63 heavy (non-hydrogen) atoms. The van der Waals surface area contributed by atoms with Gasteiger partial charge in [-0.15, -0.1) is 0 Å². The van der Waals surface area contributed by atoms with E-state index in [0.717, 1.165) is 88.1 Å². The predicted octanol–water partition coefficient (Wildman–Crippen LogP) is 9.84. The molecule has 0 aliphatic carbocycles. The fourth-order valence-electron chi connectivity index (χ4n) is 7.09. The third-order valence-electron chi connectivity index (χ3n) is 10.6. The van der Waals surface area contributed by atoms with Gasteiger partial charge in [-0.3, -0.25) is 9.36 Å². The zero-order valence-electron chi connectivity index (χ0n) is 36.6. The van der Waals surface area contributed by atoms with Gasteiger partial charge in [0.1, 0.15) is 23.0 Å². The second-order valence-electron chi connectivity index (χ2n) is 16.1. The number of carbonyl (C=O) groups is 2. The number of methoxy groups -OCH3 is 1. The fraction of sp³-hybridized carbons (Fsp3) is 0.306. The Kier molecular flexibility index (Phi) is 13.1. The second kappa shape index (κ2) is 18.8. The van der Waals surface area contributed by atoms with Crippen molar-refractivity contribution < 1.29 is 37.7 Å². The number of rotatable bonds is 16. The van der Waals surface area contributed by atoms with Crippen LogP contribution in [0.4, 0.5) is 0 Å². The van der Waals surface area contributed by atoms with E-state index in [1.54, 1.807) is 32.3 Å². The Morgan fingerprint density at radius 3 is 1.46 bits per heavy atom. The van der Waals surface area contributed by atoms with Gasteiger partial charge in [-0.2, -0.15) is 10.2 Å². The molecule has 0 spiro atoms. The highest BCUT2D eigenvalue weighted by Crippen LogP contribution is 2.31. The smallest absolute Gasteiger partial charge is 0.349 e. The van der Waals surface area contributed by atoms with Gasteiger partial charge in [-0.1, -0.05) is 48.5 Å². The molecule has 0 aliphatic heterocycles. The van der Waals surface area contributed by atoms with Gasteiger partial charge >= 0.3 is 11.9 Å². The highest BCUT2D eigenvalue weighted by Gasteiger charge is 2.32. The maximum absolute atomic E-state index is 12.0. The topological polar surface area (TPSA) is 170 Å². The van der Waals surface area contributed by atoms with Gasteiger partial charge in [0.2, 0.25) is 11.8 Å². The molecule has 1 N–H and O–H groups in total. The summed E-state index contributed by atoms with van der Waals surface area (Å²) in [7, 11) is 1.35. The van der Waals surface area contributed by atoms with E-state index < -0.39 is 23.1 Å². The molecule has 4 aromatic carbocycles. The van der Waals surface area contributed by atoms with Crippen molar-refractivity contribution in [2.75, 3.05) is 7.11 Å². The third kappa shape index (κ3) is 10.1. The molecule has 14 heteroatoms. The monoisotopic (exact) mass is 852 g/mol. The Morgan fingerprint density at radius 1 is 0.619 bits per heavy atom. The summed E-state index contributed by atoms with van der Waals surface area (Å²) in [5, 5.41) is 20.0. The van der Waals surface area contributed by atoms with Gasteiger partial charge in [0.15, 0.2) is 11.2 Å². The van der Waals surface area contributed by atoms with Crippen molar-refractivity contribution in [2.24, 2.45) is 0 Å². The van der Waals surface area contributed by atoms with Crippen molar-refractivity contribution in [3.63, 3.8) is 0 Å². The molecule has 326 valence electrons. The lowest BCUT2D eigenvalue weighted by Gasteiger charge is -2.23. The molecular weight excluding hydrogens is 801 g/mol. The van der Waals surface area contributed by atoms with E-state index in [1.165, 1.54) is 21.0 Å². The number of carboxylic acids is 1. The summed E-state index contributed by atoms with van der Waals surface area (Å²) in [6.07, 6.45) is 6.74. The summed E-state index contributed by atoms with van der Waals surface area (Å²) in [5.41, 5.74) is 3.29. The van der Waals surface area contributed by atoms with Crippen molar-refractivity contribution in [3.05, 3.63) is 132 Å². The molecule has 14 nitrogen and oxygen atoms in total. The van der Waals surface area contributed by atoms with E-state index in [4.69, 9.17) is 23.0 Å². The lowest BCUT2D eigenvalue weighted by atomic mass is 10.1. The quantitative estimate of drug-likeness (QED) is 0.0915. The van der Waals surface area contributed by atoms with Crippen LogP contribution < -0.4 is 9.47 Å². The van der Waals surface area contributed by atoms with Crippen molar-refractivity contribution in [1.29, 1.82) is 0 Å². The highest BCUT2D eigenvalue weighted by molar-refractivity contribution is 5.87. The molecule has 0 atom stereocenters. The third-order valence-corrected chi connectivity index (χ3v) is 10.6. The van der Waals surface area contributed by atoms with E-state index in [9.17, 15) is 14.7 Å². The first-order chi connectivity index (χ1) is 30.2. The number of nitrogens with zero attached hydrogens (tertiary/aromatic N) is 6. The van der Waals surface area contributed by atoms with Gasteiger partial charge in [-0.25, -0.2) is 19.6 Å². The standard InChI is InChI=1S/C25H27N3O4.C24H25N3O4/c1-17-20(27-23(31-17)18-10-6-5-7-11-18)12-9-15-28-21-13-8-14-22(19(21)16-26-28)32-25(2,3)24(29)30-4;1-16-19(26-22(30-16)17-9-5-4-6-10-17)11-8-14-27-20-12-7-13-21(18(20)15-25-27)31-24(2,3)23(28)29/h5-8,10-11,13-14,16H,9,12,15H2,1-4H3;4-7,9-10,12-13,15H,8,11,14H2,1-3H3,(H,28,29). The van der Waals surface area contributed by atoms with E-state index in [2.05, 4.69) is 20.2 Å². The summed E-state index contributed by atoms with van der Waals surface area (Å²) in [6, 6.07) is 31.1. The molecule has 0 fully saturated rings. The minimum absolute atomic E-state index is 0.431. The molecule has 4 heterocycles. The maximum atomic E-state index is 12.0. The van der Waals surface area contributed by atoms with Crippen LogP contribution in [0.3, 0.4) is 0 Å². The molecule has 4 aromatic heterocycles. The van der Waals surface area contributed by atoms with E-state index in [0.29, 0.717) is 29.8 Å². The average molecular weight is 853 g/mol. The summed E-state index contributed by atoms with van der Waals surface area (Å²) in [6.45, 7) is 11.7. The summed E-state index contributed by atoms with van der Waals surface area (Å²) >= 11 is 0. The first-order valence-corrected chi connectivity index (χ1v) is 20.9. The van der Waals surface area contributed by atoms with Crippen LogP contribution in [0, 0.1) is 13.8 Å². The van der Waals surface area contributed by atoms with Crippen molar-refractivity contribution in [2.45, 2.75) is 91.5 Å². The molecule has 0 aliphatic rings. The van der Waals surface area contributed by atoms with Crippen molar-refractivity contribution >= 4 is 33.7 Å². The van der Waals surface area contributed by atoms with Crippen LogP contribution in [0.25, 0.3) is 44.7 Å². The van der Waals surface area contributed by atoms with E-state index >= 15 is 0 Å². The molecule has 0 unspecified atom stereocenters. The Hall–Kier alpha value is -7.22. The lowest BCUT2D eigenvalue weighted by Crippen LogP contribution is -2.39. The molecule has 0 saturated carbocycles. The molecule has 0 saturated heterocycles. The first-order valence-electron chi connectivity index (χ1n) is 20.9. The van der Waals surface area contributed by atoms with Gasteiger partial charge in [0, 0.05) is 24.2 Å². The number of hydrogen-bond acceptors (Lipinski definition) is 11. The number of ether oxygens (including phenoxy) is 3.